The molecular weight excluding hydrogens is 590 g/mol. The summed E-state index contributed by atoms with van der Waals surface area (Å²) < 4.78 is 0. The third-order valence-corrected chi connectivity index (χ3v) is 8.22. The normalized spacial score (nSPS) is 17.6. The number of nitrogens with one attached hydrogen (secondary N) is 2. The van der Waals surface area contributed by atoms with Crippen LogP contribution in [0, 0.1) is 5.92 Å². The van der Waals surface area contributed by atoms with Gasteiger partial charge in [-0.15, -0.1) is 11.6 Å². The van der Waals surface area contributed by atoms with Gasteiger partial charge in [-0.1, -0.05) is 42.5 Å². The number of carboxylic acid groups (broad SMARTS) is 1. The monoisotopic (exact) mass is 629 g/mol. The lowest BCUT2D eigenvalue weighted by Crippen LogP contribution is -2.59. The second kappa shape index (κ2) is 16.3. The van der Waals surface area contributed by atoms with Crippen LogP contribution < -0.4 is 10.6 Å². The predicted octanol–water partition coefficient (Wildman–Crippen LogP) is 2.38. The van der Waals surface area contributed by atoms with E-state index in [0.29, 0.717) is 19.3 Å². The lowest BCUT2D eigenvalue weighted by Gasteiger charge is -2.37. The molecule has 2 aromatic rings. The Labute approximate surface area is 261 Å². The summed E-state index contributed by atoms with van der Waals surface area (Å²) in [5, 5.41) is 26.5. The highest BCUT2D eigenvalue weighted by Crippen LogP contribution is 2.22. The smallest absolute Gasteiger partial charge is 0.303 e. The van der Waals surface area contributed by atoms with E-state index in [1.165, 1.54) is 18.7 Å². The van der Waals surface area contributed by atoms with Gasteiger partial charge < -0.3 is 25.7 Å². The van der Waals surface area contributed by atoms with Gasteiger partial charge in [0.05, 0.1) is 12.1 Å². The van der Waals surface area contributed by atoms with Gasteiger partial charge in [-0.05, 0) is 62.3 Å². The molecule has 4 N–H and O–H groups in total. The Balaban J connectivity index is 1.87. The molecule has 238 valence electrons. The third-order valence-electron chi connectivity index (χ3n) is 7.97. The first kappa shape index (κ1) is 34.7. The number of amides is 3. The van der Waals surface area contributed by atoms with E-state index in [1.807, 2.05) is 42.5 Å². The summed E-state index contributed by atoms with van der Waals surface area (Å²) in [7, 11) is 0. The highest BCUT2D eigenvalue weighted by Gasteiger charge is 2.38. The number of carboxylic acids is 1. The summed E-state index contributed by atoms with van der Waals surface area (Å²) in [6.07, 6.45) is -0.262. The molecule has 3 amide bonds. The molecule has 0 saturated carbocycles. The van der Waals surface area contributed by atoms with Crippen molar-refractivity contribution in [2.24, 2.45) is 5.92 Å². The first-order chi connectivity index (χ1) is 20.9. The van der Waals surface area contributed by atoms with E-state index in [1.54, 1.807) is 0 Å². The van der Waals surface area contributed by atoms with Crippen LogP contribution >= 0.6 is 11.6 Å². The van der Waals surface area contributed by atoms with Gasteiger partial charge in [0, 0.05) is 25.3 Å². The summed E-state index contributed by atoms with van der Waals surface area (Å²) >= 11 is 5.60. The van der Waals surface area contributed by atoms with Crippen LogP contribution in [0.3, 0.4) is 0 Å². The minimum absolute atomic E-state index is 0.119. The number of nitrogens with zero attached hydrogens (tertiary/aromatic N) is 1. The van der Waals surface area contributed by atoms with Crippen molar-refractivity contribution in [1.29, 1.82) is 0 Å². The molecule has 1 unspecified atom stereocenters. The number of Topliss-reactive ketones (excluding diaryl/α,β-unsaturated/α-hetero) is 2. The molecule has 1 aliphatic rings. The number of halogens is 1. The Hall–Kier alpha value is -3.83. The molecule has 1 aliphatic heterocycles. The summed E-state index contributed by atoms with van der Waals surface area (Å²) in [5.41, 5.74) is 0.771. The minimum Gasteiger partial charge on any atom is -0.481 e. The minimum atomic E-state index is -1.19. The lowest BCUT2D eigenvalue weighted by molar-refractivity contribution is -0.146. The van der Waals surface area contributed by atoms with Crippen molar-refractivity contribution in [2.75, 3.05) is 12.4 Å². The summed E-state index contributed by atoms with van der Waals surface area (Å²) in [4.78, 5) is 77.7. The molecule has 0 aromatic heterocycles. The zero-order chi connectivity index (χ0) is 32.4. The number of aliphatic hydroxyl groups is 1. The number of likely N-dealkylation sites (tertiary alicyclic amines) is 1. The third kappa shape index (κ3) is 9.59. The molecule has 0 bridgehead atoms. The maximum Gasteiger partial charge on any atom is 0.303 e. The Kier molecular flexibility index (Phi) is 12.8. The fourth-order valence-corrected chi connectivity index (χ4v) is 5.63. The highest BCUT2D eigenvalue weighted by molar-refractivity contribution is 6.27. The van der Waals surface area contributed by atoms with Crippen molar-refractivity contribution in [3.63, 3.8) is 0 Å². The van der Waals surface area contributed by atoms with Crippen molar-refractivity contribution in [2.45, 2.75) is 83.0 Å². The van der Waals surface area contributed by atoms with Crippen LogP contribution in [0.2, 0.25) is 0 Å². The molecule has 5 atom stereocenters. The van der Waals surface area contributed by atoms with E-state index < -0.39 is 65.5 Å². The molecule has 2 aromatic carbocycles. The Morgan fingerprint density at radius 1 is 1.00 bits per heavy atom. The molecule has 0 aliphatic carbocycles. The van der Waals surface area contributed by atoms with Crippen LogP contribution in [0.4, 0.5) is 0 Å². The van der Waals surface area contributed by atoms with Crippen LogP contribution in [-0.2, 0) is 35.2 Å². The zero-order valence-corrected chi connectivity index (χ0v) is 25.7. The van der Waals surface area contributed by atoms with Gasteiger partial charge >= 0.3 is 5.97 Å². The SMILES string of the molecule is CC(=O)[C@@H](CC(=O)[C@H](Cc1ccc2ccccc2c1)NC(=O)[C@@H]1CCCCN1C(=O)[C@H](CCC(=O)O)NC(=O)CCl)C(C)O. The van der Waals surface area contributed by atoms with E-state index in [4.69, 9.17) is 16.7 Å². The number of ketones is 2. The maximum atomic E-state index is 13.8. The van der Waals surface area contributed by atoms with Gasteiger partial charge in [0.2, 0.25) is 17.7 Å². The molecule has 1 saturated heterocycles. The van der Waals surface area contributed by atoms with Crippen molar-refractivity contribution < 1.29 is 39.0 Å². The largest absolute Gasteiger partial charge is 0.481 e. The highest BCUT2D eigenvalue weighted by atomic mass is 35.5. The average Bonchev–Trinajstić information content (AvgIpc) is 3.00. The van der Waals surface area contributed by atoms with Crippen molar-refractivity contribution >= 4 is 57.6 Å². The van der Waals surface area contributed by atoms with Gasteiger partial charge in [0.1, 0.15) is 23.7 Å². The van der Waals surface area contributed by atoms with Gasteiger partial charge in [-0.25, -0.2) is 0 Å². The number of carbonyl (C=O) groups is 6. The maximum absolute atomic E-state index is 13.8. The lowest BCUT2D eigenvalue weighted by atomic mass is 9.89. The molecule has 1 heterocycles. The van der Waals surface area contributed by atoms with Crippen molar-refractivity contribution in [3.05, 3.63) is 48.0 Å². The number of piperidine rings is 1. The topological polar surface area (TPSA) is 170 Å². The zero-order valence-electron chi connectivity index (χ0n) is 25.0. The molecule has 3 rings (SSSR count). The van der Waals surface area contributed by atoms with Gasteiger partial charge in [-0.3, -0.25) is 28.8 Å². The Bertz CT molecular complexity index is 1380. The second-order valence-corrected chi connectivity index (χ2v) is 11.6. The predicted molar refractivity (Wildman–Crippen MR) is 164 cm³/mol. The van der Waals surface area contributed by atoms with Crippen LogP contribution in [0.5, 0.6) is 0 Å². The first-order valence-corrected chi connectivity index (χ1v) is 15.3. The quantitative estimate of drug-likeness (QED) is 0.218. The number of alkyl halides is 1. The van der Waals surface area contributed by atoms with E-state index in [2.05, 4.69) is 10.6 Å². The van der Waals surface area contributed by atoms with Gasteiger partial charge in [-0.2, -0.15) is 0 Å². The molecule has 0 spiro atoms. The van der Waals surface area contributed by atoms with Crippen LogP contribution in [0.1, 0.15) is 57.9 Å². The summed E-state index contributed by atoms with van der Waals surface area (Å²) in [6.45, 7) is 2.94. The number of benzene rings is 2. The number of hydrogen-bond donors (Lipinski definition) is 4. The number of fused-ring (bicyclic) bond motifs is 1. The van der Waals surface area contributed by atoms with Crippen LogP contribution in [0.15, 0.2) is 42.5 Å². The van der Waals surface area contributed by atoms with Crippen molar-refractivity contribution in [3.8, 4) is 0 Å². The van der Waals surface area contributed by atoms with Crippen LogP contribution in [0.25, 0.3) is 10.8 Å². The standard InChI is InChI=1S/C32H40ClN3O8/c1-19(37)24(20(2)38)17-28(39)26(16-21-10-11-22-7-3-4-8-23(22)15-21)35-31(43)27-9-5-6-14-36(27)32(44)25(12-13-30(41)42)34-29(40)18-33/h3-4,7-8,10-11,15,19,24-27,37H,5-6,9,12-14,16-18H2,1-2H3,(H,34,40)(H,35,43)(H,41,42)/t19?,24-,25-,26-,27-/m0/s1. The Morgan fingerprint density at radius 2 is 1.70 bits per heavy atom. The average molecular weight is 630 g/mol. The molecule has 12 heteroatoms. The molecule has 1 fully saturated rings. The first-order valence-electron chi connectivity index (χ1n) is 14.8. The van der Waals surface area contributed by atoms with Gasteiger partial charge in [0.15, 0.2) is 5.78 Å². The molecule has 44 heavy (non-hydrogen) atoms. The second-order valence-electron chi connectivity index (χ2n) is 11.3. The fourth-order valence-electron chi connectivity index (χ4n) is 5.55. The summed E-state index contributed by atoms with van der Waals surface area (Å²) in [6, 6.07) is 10.2. The van der Waals surface area contributed by atoms with Crippen molar-refractivity contribution in [1.82, 2.24) is 15.5 Å². The Morgan fingerprint density at radius 3 is 2.34 bits per heavy atom. The van der Waals surface area contributed by atoms with Gasteiger partial charge in [0.25, 0.3) is 0 Å². The van der Waals surface area contributed by atoms with E-state index >= 15 is 0 Å². The summed E-state index contributed by atoms with van der Waals surface area (Å²) in [5.74, 6) is -5.12. The van der Waals surface area contributed by atoms with E-state index in [-0.39, 0.29) is 38.0 Å². The number of carbonyl (C=O) groups excluding carboxylic acids is 5. The number of aliphatic hydroxyl groups excluding tert-OH is 1. The number of rotatable bonds is 15. The van der Waals surface area contributed by atoms with E-state index in [0.717, 1.165) is 16.3 Å². The van der Waals surface area contributed by atoms with E-state index in [9.17, 15) is 33.9 Å². The van der Waals surface area contributed by atoms with Crippen LogP contribution in [-0.4, -0.2) is 87.0 Å². The molecular formula is C32H40ClN3O8. The fraction of sp³-hybridized carbons (Fsp3) is 0.500. The molecule has 11 nitrogen and oxygen atoms in total. The number of hydrogen-bond acceptors (Lipinski definition) is 7. The number of aliphatic carboxylic acids is 1. The molecule has 0 radical (unpaired) electrons.